The molecule has 20 heavy (non-hydrogen) atoms. The Kier molecular flexibility index (Phi) is 4.45. The molecule has 0 spiro atoms. The minimum Gasteiger partial charge on any atom is -0.315 e. The van der Waals surface area contributed by atoms with Crippen molar-refractivity contribution in [2.45, 2.75) is 25.9 Å². The van der Waals surface area contributed by atoms with Gasteiger partial charge in [0.15, 0.2) is 0 Å². The molecule has 1 aromatic heterocycles. The maximum atomic E-state index is 4.80. The van der Waals surface area contributed by atoms with Crippen molar-refractivity contribution >= 4 is 11.3 Å². The molecule has 3 nitrogen and oxygen atoms in total. The van der Waals surface area contributed by atoms with Crippen LogP contribution in [0.1, 0.15) is 19.0 Å². The summed E-state index contributed by atoms with van der Waals surface area (Å²) in [5.41, 5.74) is 2.41. The Hall–Kier alpha value is -1.23. The SMILES string of the molecule is CCN(Cc1csc(-c2ccccc2)n1)C1CCNC1. The molecular weight excluding hydrogens is 266 g/mol. The zero-order valence-corrected chi connectivity index (χ0v) is 12.7. The van der Waals surface area contributed by atoms with Gasteiger partial charge in [0.05, 0.1) is 5.69 Å². The molecule has 2 heterocycles. The van der Waals surface area contributed by atoms with E-state index < -0.39 is 0 Å². The molecule has 0 amide bonds. The standard InChI is InChI=1S/C16H21N3S/c1-2-19(15-8-9-17-10-15)11-14-12-20-16(18-14)13-6-4-3-5-7-13/h3-7,12,15,17H,2,8-11H2,1H3. The first-order valence-electron chi connectivity index (χ1n) is 7.31. The normalized spacial score (nSPS) is 18.8. The highest BCUT2D eigenvalue weighted by Crippen LogP contribution is 2.24. The van der Waals surface area contributed by atoms with Crippen LogP contribution in [-0.4, -0.2) is 35.6 Å². The lowest BCUT2D eigenvalue weighted by molar-refractivity contribution is 0.208. The van der Waals surface area contributed by atoms with Crippen LogP contribution in [-0.2, 0) is 6.54 Å². The molecule has 2 aromatic rings. The van der Waals surface area contributed by atoms with Gasteiger partial charge < -0.3 is 5.32 Å². The van der Waals surface area contributed by atoms with E-state index in [-0.39, 0.29) is 0 Å². The third-order valence-corrected chi connectivity index (χ3v) is 4.83. The molecule has 1 aliphatic heterocycles. The van der Waals surface area contributed by atoms with Crippen LogP contribution in [0.25, 0.3) is 10.6 Å². The summed E-state index contributed by atoms with van der Waals surface area (Å²) in [4.78, 5) is 7.33. The van der Waals surface area contributed by atoms with E-state index in [1.807, 2.05) is 6.07 Å². The van der Waals surface area contributed by atoms with Crippen molar-refractivity contribution in [2.24, 2.45) is 0 Å². The van der Waals surface area contributed by atoms with E-state index in [1.165, 1.54) is 17.7 Å². The quantitative estimate of drug-likeness (QED) is 0.916. The second kappa shape index (κ2) is 6.48. The van der Waals surface area contributed by atoms with Gasteiger partial charge in [-0.1, -0.05) is 37.3 Å². The Morgan fingerprint density at radius 2 is 2.20 bits per heavy atom. The van der Waals surface area contributed by atoms with Gasteiger partial charge in [0, 0.05) is 30.1 Å². The summed E-state index contributed by atoms with van der Waals surface area (Å²) >= 11 is 1.74. The summed E-state index contributed by atoms with van der Waals surface area (Å²) in [5.74, 6) is 0. The molecular formula is C16H21N3S. The van der Waals surface area contributed by atoms with Crippen LogP contribution >= 0.6 is 11.3 Å². The van der Waals surface area contributed by atoms with E-state index in [0.29, 0.717) is 6.04 Å². The Bertz CT molecular complexity index is 532. The van der Waals surface area contributed by atoms with E-state index >= 15 is 0 Å². The summed E-state index contributed by atoms with van der Waals surface area (Å²) in [6.45, 7) is 6.55. The van der Waals surface area contributed by atoms with Crippen molar-refractivity contribution in [3.05, 3.63) is 41.4 Å². The van der Waals surface area contributed by atoms with Crippen molar-refractivity contribution in [1.82, 2.24) is 15.2 Å². The highest BCUT2D eigenvalue weighted by molar-refractivity contribution is 7.13. The minimum absolute atomic E-state index is 0.668. The second-order valence-corrected chi connectivity index (χ2v) is 6.08. The number of hydrogen-bond acceptors (Lipinski definition) is 4. The fraction of sp³-hybridized carbons (Fsp3) is 0.438. The van der Waals surface area contributed by atoms with E-state index in [2.05, 4.69) is 46.8 Å². The molecule has 1 unspecified atom stereocenters. The average Bonchev–Trinajstić information content (AvgIpc) is 3.17. The van der Waals surface area contributed by atoms with E-state index in [1.54, 1.807) is 11.3 Å². The van der Waals surface area contributed by atoms with Crippen LogP contribution in [0, 0.1) is 0 Å². The van der Waals surface area contributed by atoms with Crippen molar-refractivity contribution in [1.29, 1.82) is 0 Å². The maximum absolute atomic E-state index is 4.80. The lowest BCUT2D eigenvalue weighted by Gasteiger charge is -2.25. The Labute approximate surface area is 124 Å². The minimum atomic E-state index is 0.668. The summed E-state index contributed by atoms with van der Waals surface area (Å²) in [7, 11) is 0. The van der Waals surface area contributed by atoms with Crippen molar-refractivity contribution in [3.63, 3.8) is 0 Å². The molecule has 1 aromatic carbocycles. The Morgan fingerprint density at radius 1 is 1.35 bits per heavy atom. The molecule has 106 valence electrons. The van der Waals surface area contributed by atoms with E-state index in [4.69, 9.17) is 4.98 Å². The Balaban J connectivity index is 1.70. The highest BCUT2D eigenvalue weighted by Gasteiger charge is 2.21. The van der Waals surface area contributed by atoms with Gasteiger partial charge in [-0.3, -0.25) is 4.90 Å². The number of likely N-dealkylation sites (N-methyl/N-ethyl adjacent to an activating group) is 1. The third kappa shape index (κ3) is 3.08. The van der Waals surface area contributed by atoms with Crippen molar-refractivity contribution in [2.75, 3.05) is 19.6 Å². The summed E-state index contributed by atoms with van der Waals surface area (Å²) < 4.78 is 0. The lowest BCUT2D eigenvalue weighted by atomic mass is 10.2. The second-order valence-electron chi connectivity index (χ2n) is 5.22. The molecule has 0 bridgehead atoms. The topological polar surface area (TPSA) is 28.2 Å². The van der Waals surface area contributed by atoms with Crippen LogP contribution < -0.4 is 5.32 Å². The van der Waals surface area contributed by atoms with Gasteiger partial charge in [0.25, 0.3) is 0 Å². The zero-order valence-electron chi connectivity index (χ0n) is 11.9. The first kappa shape index (κ1) is 13.7. The van der Waals surface area contributed by atoms with Crippen LogP contribution in [0.15, 0.2) is 35.7 Å². The van der Waals surface area contributed by atoms with Crippen LogP contribution in [0.5, 0.6) is 0 Å². The van der Waals surface area contributed by atoms with Crippen LogP contribution in [0.4, 0.5) is 0 Å². The fourth-order valence-electron chi connectivity index (χ4n) is 2.75. The highest BCUT2D eigenvalue weighted by atomic mass is 32.1. The number of nitrogens with one attached hydrogen (secondary N) is 1. The van der Waals surface area contributed by atoms with E-state index in [0.717, 1.165) is 31.2 Å². The number of thiazole rings is 1. The predicted octanol–water partition coefficient (Wildman–Crippen LogP) is 2.99. The molecule has 4 heteroatoms. The molecule has 1 atom stereocenters. The summed E-state index contributed by atoms with van der Waals surface area (Å²) in [6.07, 6.45) is 1.25. The van der Waals surface area contributed by atoms with Crippen molar-refractivity contribution < 1.29 is 0 Å². The van der Waals surface area contributed by atoms with Gasteiger partial charge in [0.2, 0.25) is 0 Å². The fourth-order valence-corrected chi connectivity index (χ4v) is 3.57. The molecule has 1 N–H and O–H groups in total. The van der Waals surface area contributed by atoms with Gasteiger partial charge in [-0.15, -0.1) is 11.3 Å². The third-order valence-electron chi connectivity index (χ3n) is 3.89. The van der Waals surface area contributed by atoms with Crippen LogP contribution in [0.2, 0.25) is 0 Å². The lowest BCUT2D eigenvalue weighted by Crippen LogP contribution is -2.36. The maximum Gasteiger partial charge on any atom is 0.123 e. The summed E-state index contributed by atoms with van der Waals surface area (Å²) in [5, 5.41) is 6.77. The molecule has 1 saturated heterocycles. The number of nitrogens with zero attached hydrogens (tertiary/aromatic N) is 2. The van der Waals surface area contributed by atoms with Gasteiger partial charge in [-0.25, -0.2) is 4.98 Å². The number of hydrogen-bond donors (Lipinski definition) is 1. The predicted molar refractivity (Wildman–Crippen MR) is 84.9 cm³/mol. The molecule has 0 radical (unpaired) electrons. The largest absolute Gasteiger partial charge is 0.315 e. The summed E-state index contributed by atoms with van der Waals surface area (Å²) in [6, 6.07) is 11.1. The number of benzene rings is 1. The smallest absolute Gasteiger partial charge is 0.123 e. The zero-order chi connectivity index (χ0) is 13.8. The van der Waals surface area contributed by atoms with Crippen LogP contribution in [0.3, 0.4) is 0 Å². The van der Waals surface area contributed by atoms with Crippen molar-refractivity contribution in [3.8, 4) is 10.6 Å². The monoisotopic (exact) mass is 287 g/mol. The first-order chi connectivity index (χ1) is 9.86. The average molecular weight is 287 g/mol. The number of aromatic nitrogens is 1. The van der Waals surface area contributed by atoms with Gasteiger partial charge in [-0.2, -0.15) is 0 Å². The molecule has 0 saturated carbocycles. The molecule has 1 aliphatic rings. The molecule has 0 aliphatic carbocycles. The Morgan fingerprint density at radius 3 is 2.90 bits per heavy atom. The van der Waals surface area contributed by atoms with Gasteiger partial charge in [-0.05, 0) is 19.5 Å². The van der Waals surface area contributed by atoms with Gasteiger partial charge >= 0.3 is 0 Å². The number of rotatable bonds is 5. The molecule has 1 fully saturated rings. The van der Waals surface area contributed by atoms with E-state index in [9.17, 15) is 0 Å². The first-order valence-corrected chi connectivity index (χ1v) is 8.19. The molecule has 3 rings (SSSR count). The van der Waals surface area contributed by atoms with Gasteiger partial charge in [0.1, 0.15) is 5.01 Å².